The number of ketones is 1. The van der Waals surface area contributed by atoms with Gasteiger partial charge in [-0.25, -0.2) is 0 Å². The highest BCUT2D eigenvalue weighted by Gasteiger charge is 2.15. The highest BCUT2D eigenvalue weighted by atomic mass is 16.1. The molecule has 1 amide bonds. The van der Waals surface area contributed by atoms with Gasteiger partial charge in [-0.05, 0) is 37.1 Å². The molecule has 0 saturated heterocycles. The fourth-order valence-electron chi connectivity index (χ4n) is 2.95. The molecule has 0 saturated carbocycles. The van der Waals surface area contributed by atoms with Crippen LogP contribution in [0.1, 0.15) is 32.6 Å². The Kier molecular flexibility index (Phi) is 5.28. The number of carbonyl (C=O) groups excluding carboxylic acids is 2. The van der Waals surface area contributed by atoms with E-state index in [1.165, 1.54) is 5.56 Å². The second kappa shape index (κ2) is 7.79. The molecule has 0 aliphatic carbocycles. The molecule has 0 bridgehead atoms. The highest BCUT2D eigenvalue weighted by molar-refractivity contribution is 6.13. The van der Waals surface area contributed by atoms with Gasteiger partial charge in [0.15, 0.2) is 5.78 Å². The van der Waals surface area contributed by atoms with Crippen molar-refractivity contribution in [1.29, 1.82) is 0 Å². The number of carbonyl (C=O) groups is 2. The molecular weight excluding hydrogens is 322 g/mol. The van der Waals surface area contributed by atoms with E-state index in [-0.39, 0.29) is 18.1 Å². The maximum atomic E-state index is 12.7. The van der Waals surface area contributed by atoms with E-state index in [2.05, 4.69) is 11.4 Å². The van der Waals surface area contributed by atoms with Crippen LogP contribution in [0.2, 0.25) is 0 Å². The molecule has 1 N–H and O–H groups in total. The quantitative estimate of drug-likeness (QED) is 0.682. The van der Waals surface area contributed by atoms with Crippen molar-refractivity contribution in [2.24, 2.45) is 0 Å². The molecule has 0 aliphatic heterocycles. The van der Waals surface area contributed by atoms with Crippen molar-refractivity contribution < 1.29 is 9.59 Å². The van der Waals surface area contributed by atoms with Crippen LogP contribution >= 0.6 is 0 Å². The normalized spacial score (nSPS) is 10.4. The maximum Gasteiger partial charge on any atom is 0.228 e. The van der Waals surface area contributed by atoms with E-state index in [0.29, 0.717) is 16.8 Å². The Hall–Kier alpha value is -3.20. The van der Waals surface area contributed by atoms with Crippen LogP contribution in [-0.2, 0) is 11.2 Å². The van der Waals surface area contributed by atoms with Gasteiger partial charge < -0.3 is 5.32 Å². The number of aryl methyl sites for hydroxylation is 2. The van der Waals surface area contributed by atoms with Crippen LogP contribution in [0.3, 0.4) is 0 Å². The summed E-state index contributed by atoms with van der Waals surface area (Å²) in [4.78, 5) is 25.3. The minimum absolute atomic E-state index is 0.104. The summed E-state index contributed by atoms with van der Waals surface area (Å²) in [6.45, 7) is 4.03. The van der Waals surface area contributed by atoms with E-state index in [1.54, 1.807) is 30.3 Å². The minimum atomic E-state index is -0.134. The molecule has 3 aromatic rings. The molecule has 0 spiro atoms. The summed E-state index contributed by atoms with van der Waals surface area (Å²) in [5.41, 5.74) is 4.88. The lowest BCUT2D eigenvalue weighted by Crippen LogP contribution is -2.17. The average molecular weight is 343 g/mol. The molecule has 0 fully saturated rings. The van der Waals surface area contributed by atoms with Crippen molar-refractivity contribution in [3.05, 3.63) is 101 Å². The zero-order valence-corrected chi connectivity index (χ0v) is 15.0. The van der Waals surface area contributed by atoms with Crippen LogP contribution in [0.5, 0.6) is 0 Å². The summed E-state index contributed by atoms with van der Waals surface area (Å²) in [5.74, 6) is -0.238. The second-order valence-electron chi connectivity index (χ2n) is 6.40. The molecule has 130 valence electrons. The maximum absolute atomic E-state index is 12.7. The molecule has 0 aromatic heterocycles. The lowest BCUT2D eigenvalue weighted by atomic mass is 10.0. The number of hydrogen-bond donors (Lipinski definition) is 1. The van der Waals surface area contributed by atoms with E-state index >= 15 is 0 Å². The third-order valence-electron chi connectivity index (χ3n) is 4.33. The van der Waals surface area contributed by atoms with Gasteiger partial charge in [-0.15, -0.1) is 0 Å². The summed E-state index contributed by atoms with van der Waals surface area (Å²) in [7, 11) is 0. The molecule has 3 heteroatoms. The Bertz CT molecular complexity index is 945. The lowest BCUT2D eigenvalue weighted by molar-refractivity contribution is -0.115. The molecule has 0 heterocycles. The van der Waals surface area contributed by atoms with E-state index in [4.69, 9.17) is 0 Å². The van der Waals surface area contributed by atoms with Crippen molar-refractivity contribution >= 4 is 17.4 Å². The fraction of sp³-hybridized carbons (Fsp3) is 0.130. The van der Waals surface area contributed by atoms with Gasteiger partial charge >= 0.3 is 0 Å². The van der Waals surface area contributed by atoms with Crippen molar-refractivity contribution in [1.82, 2.24) is 0 Å². The van der Waals surface area contributed by atoms with E-state index in [1.807, 2.05) is 50.2 Å². The molecular formula is C23H21NO2. The summed E-state index contributed by atoms with van der Waals surface area (Å²) in [5, 5.41) is 2.89. The largest absolute Gasteiger partial charge is 0.325 e. The number of amides is 1. The summed E-state index contributed by atoms with van der Waals surface area (Å²) < 4.78 is 0. The Morgan fingerprint density at radius 3 is 2.27 bits per heavy atom. The predicted molar refractivity (Wildman–Crippen MR) is 105 cm³/mol. The Morgan fingerprint density at radius 1 is 0.846 bits per heavy atom. The van der Waals surface area contributed by atoms with Crippen LogP contribution in [0.25, 0.3) is 0 Å². The van der Waals surface area contributed by atoms with Crippen molar-refractivity contribution in [2.75, 3.05) is 5.32 Å². The molecule has 0 aliphatic rings. The Morgan fingerprint density at radius 2 is 1.54 bits per heavy atom. The van der Waals surface area contributed by atoms with Crippen molar-refractivity contribution in [3.63, 3.8) is 0 Å². The molecule has 0 atom stereocenters. The van der Waals surface area contributed by atoms with Crippen molar-refractivity contribution in [2.45, 2.75) is 20.3 Å². The molecule has 26 heavy (non-hydrogen) atoms. The molecule has 3 nitrogen and oxygen atoms in total. The number of nitrogens with one attached hydrogen (secondary N) is 1. The predicted octanol–water partition coefficient (Wildman–Crippen LogP) is 4.72. The zero-order valence-electron chi connectivity index (χ0n) is 15.0. The first-order chi connectivity index (χ1) is 12.5. The molecule has 0 radical (unpaired) electrons. The van der Waals surface area contributed by atoms with Crippen LogP contribution in [0.15, 0.2) is 72.8 Å². The van der Waals surface area contributed by atoms with E-state index in [9.17, 15) is 9.59 Å². The number of anilines is 1. The van der Waals surface area contributed by atoms with Gasteiger partial charge in [0.2, 0.25) is 5.91 Å². The molecule has 3 aromatic carbocycles. The van der Waals surface area contributed by atoms with Gasteiger partial charge in [-0.1, -0.05) is 66.2 Å². The van der Waals surface area contributed by atoms with Crippen LogP contribution in [-0.4, -0.2) is 11.7 Å². The van der Waals surface area contributed by atoms with Gasteiger partial charge in [0.25, 0.3) is 0 Å². The molecule has 0 unspecified atom stereocenters. The minimum Gasteiger partial charge on any atom is -0.325 e. The van der Waals surface area contributed by atoms with Crippen LogP contribution in [0.4, 0.5) is 5.69 Å². The van der Waals surface area contributed by atoms with Gasteiger partial charge in [0.05, 0.1) is 12.1 Å². The topological polar surface area (TPSA) is 46.2 Å². The zero-order chi connectivity index (χ0) is 18.5. The Labute approximate surface area is 153 Å². The van der Waals surface area contributed by atoms with Crippen LogP contribution in [0, 0.1) is 13.8 Å². The monoisotopic (exact) mass is 343 g/mol. The third kappa shape index (κ3) is 4.06. The average Bonchev–Trinajstić information content (AvgIpc) is 2.65. The number of benzene rings is 3. The summed E-state index contributed by atoms with van der Waals surface area (Å²) in [6.07, 6.45) is 0.278. The second-order valence-corrected chi connectivity index (χ2v) is 6.40. The first kappa shape index (κ1) is 17.6. The first-order valence-corrected chi connectivity index (χ1v) is 8.59. The first-order valence-electron chi connectivity index (χ1n) is 8.59. The van der Waals surface area contributed by atoms with Gasteiger partial charge in [-0.3, -0.25) is 9.59 Å². The van der Waals surface area contributed by atoms with E-state index in [0.717, 1.165) is 11.1 Å². The summed E-state index contributed by atoms with van der Waals surface area (Å²) >= 11 is 0. The SMILES string of the molecule is Cc1ccc(CC(=O)Nc2ccccc2C(=O)c2ccccc2)c(C)c1. The van der Waals surface area contributed by atoms with Gasteiger partial charge in [-0.2, -0.15) is 0 Å². The highest BCUT2D eigenvalue weighted by Crippen LogP contribution is 2.20. The van der Waals surface area contributed by atoms with Crippen LogP contribution < -0.4 is 5.32 Å². The van der Waals surface area contributed by atoms with Gasteiger partial charge in [0, 0.05) is 11.1 Å². The van der Waals surface area contributed by atoms with Gasteiger partial charge in [0.1, 0.15) is 0 Å². The van der Waals surface area contributed by atoms with E-state index < -0.39 is 0 Å². The lowest BCUT2D eigenvalue weighted by Gasteiger charge is -2.12. The van der Waals surface area contributed by atoms with Crippen molar-refractivity contribution in [3.8, 4) is 0 Å². The Balaban J connectivity index is 1.80. The third-order valence-corrected chi connectivity index (χ3v) is 4.33. The standard InChI is InChI=1S/C23H21NO2/c1-16-12-13-19(17(2)14-16)15-22(25)24-21-11-7-6-10-20(21)23(26)18-8-4-3-5-9-18/h3-14H,15H2,1-2H3,(H,24,25). The number of hydrogen-bond acceptors (Lipinski definition) is 2. The number of para-hydroxylation sites is 1. The fourth-order valence-corrected chi connectivity index (χ4v) is 2.95. The molecule has 3 rings (SSSR count). The smallest absolute Gasteiger partial charge is 0.228 e. The number of rotatable bonds is 5. The summed E-state index contributed by atoms with van der Waals surface area (Å²) in [6, 6.07) is 22.2.